The highest BCUT2D eigenvalue weighted by Gasteiger charge is 2.34. The number of hydrogen-bond acceptors (Lipinski definition) is 5. The average Bonchev–Trinajstić information content (AvgIpc) is 3.30. The Balaban J connectivity index is 0.00000144. The standard InChI is InChI=1S/C16H23N3O3.2ClH/c1-11-2-5-13(16(20)15(11)19(21)22)14(10-12-3-4-12)18-8-6-17-7-9-18;;/h2,5,12,14,17,20H,3-4,6-10H2,1H3;2*1H/t14-;;/m1../s1. The monoisotopic (exact) mass is 377 g/mol. The topological polar surface area (TPSA) is 78.6 Å². The third-order valence-corrected chi connectivity index (χ3v) is 4.77. The summed E-state index contributed by atoms with van der Waals surface area (Å²) in [5.74, 6) is 0.550. The molecule has 0 radical (unpaired) electrons. The van der Waals surface area contributed by atoms with Crippen molar-refractivity contribution in [3.63, 3.8) is 0 Å². The van der Waals surface area contributed by atoms with Crippen molar-refractivity contribution >= 4 is 30.5 Å². The van der Waals surface area contributed by atoms with Crippen LogP contribution in [-0.2, 0) is 0 Å². The second-order valence-corrected chi connectivity index (χ2v) is 6.41. The number of phenols is 1. The minimum atomic E-state index is -0.472. The molecule has 1 aromatic carbocycles. The Morgan fingerprint density at radius 3 is 2.50 bits per heavy atom. The van der Waals surface area contributed by atoms with E-state index in [0.717, 1.165) is 32.6 Å². The highest BCUT2D eigenvalue weighted by Crippen LogP contribution is 2.45. The number of nitro groups is 1. The molecule has 136 valence electrons. The van der Waals surface area contributed by atoms with E-state index in [4.69, 9.17) is 0 Å². The van der Waals surface area contributed by atoms with E-state index < -0.39 is 4.92 Å². The van der Waals surface area contributed by atoms with E-state index in [9.17, 15) is 15.2 Å². The minimum Gasteiger partial charge on any atom is -0.502 e. The molecule has 6 nitrogen and oxygen atoms in total. The molecule has 1 saturated carbocycles. The van der Waals surface area contributed by atoms with Gasteiger partial charge in [0.2, 0.25) is 0 Å². The first-order valence-corrected chi connectivity index (χ1v) is 7.99. The van der Waals surface area contributed by atoms with Gasteiger partial charge in [0, 0.05) is 43.3 Å². The Hall–Kier alpha value is -1.08. The smallest absolute Gasteiger partial charge is 0.313 e. The van der Waals surface area contributed by atoms with Crippen LogP contribution in [0.15, 0.2) is 12.1 Å². The van der Waals surface area contributed by atoms with Crippen molar-refractivity contribution in [2.45, 2.75) is 32.2 Å². The van der Waals surface area contributed by atoms with Crippen molar-refractivity contribution in [1.82, 2.24) is 10.2 Å². The number of nitrogens with one attached hydrogen (secondary N) is 1. The molecule has 3 rings (SSSR count). The number of benzene rings is 1. The number of rotatable bonds is 5. The normalized spacial score (nSPS) is 19.0. The van der Waals surface area contributed by atoms with Crippen molar-refractivity contribution in [3.05, 3.63) is 33.4 Å². The van der Waals surface area contributed by atoms with Crippen LogP contribution in [0.1, 0.15) is 36.4 Å². The molecule has 1 saturated heterocycles. The summed E-state index contributed by atoms with van der Waals surface area (Å²) in [7, 11) is 0. The summed E-state index contributed by atoms with van der Waals surface area (Å²) in [5, 5.41) is 25.1. The van der Waals surface area contributed by atoms with Crippen LogP contribution in [0, 0.1) is 23.0 Å². The zero-order valence-corrected chi connectivity index (χ0v) is 15.4. The molecule has 1 aromatic rings. The molecular weight excluding hydrogens is 353 g/mol. The van der Waals surface area contributed by atoms with Crippen molar-refractivity contribution in [2.24, 2.45) is 5.92 Å². The van der Waals surface area contributed by atoms with Crippen molar-refractivity contribution in [1.29, 1.82) is 0 Å². The Kier molecular flexibility index (Phi) is 7.73. The van der Waals surface area contributed by atoms with Crippen LogP contribution in [0.4, 0.5) is 5.69 Å². The van der Waals surface area contributed by atoms with Gasteiger partial charge in [-0.05, 0) is 19.3 Å². The predicted octanol–water partition coefficient (Wildman–Crippen LogP) is 3.20. The lowest BCUT2D eigenvalue weighted by molar-refractivity contribution is -0.386. The molecule has 1 atom stereocenters. The van der Waals surface area contributed by atoms with Crippen LogP contribution in [0.3, 0.4) is 0 Å². The number of hydrogen-bond donors (Lipinski definition) is 2. The SMILES string of the molecule is Cc1ccc([C@@H](CC2CC2)N2CCNCC2)c(O)c1[N+](=O)[O-].Cl.Cl. The maximum Gasteiger partial charge on any atom is 0.313 e. The van der Waals surface area contributed by atoms with E-state index in [0.29, 0.717) is 17.0 Å². The molecule has 2 N–H and O–H groups in total. The largest absolute Gasteiger partial charge is 0.502 e. The average molecular weight is 378 g/mol. The molecule has 2 aliphatic rings. The highest BCUT2D eigenvalue weighted by atomic mass is 35.5. The number of piperazine rings is 1. The van der Waals surface area contributed by atoms with Crippen molar-refractivity contribution in [3.8, 4) is 5.75 Å². The molecule has 1 heterocycles. The minimum absolute atomic E-state index is 0. The van der Waals surface area contributed by atoms with E-state index in [2.05, 4.69) is 10.2 Å². The fraction of sp³-hybridized carbons (Fsp3) is 0.625. The molecule has 0 spiro atoms. The highest BCUT2D eigenvalue weighted by molar-refractivity contribution is 5.85. The molecule has 0 aromatic heterocycles. The molecule has 0 unspecified atom stereocenters. The fourth-order valence-electron chi connectivity index (χ4n) is 3.33. The molecule has 24 heavy (non-hydrogen) atoms. The van der Waals surface area contributed by atoms with Crippen LogP contribution in [0.5, 0.6) is 5.75 Å². The van der Waals surface area contributed by atoms with Gasteiger partial charge in [0.25, 0.3) is 0 Å². The Bertz CT molecular complexity index is 576. The van der Waals surface area contributed by atoms with Crippen LogP contribution < -0.4 is 5.32 Å². The maximum absolute atomic E-state index is 11.3. The van der Waals surface area contributed by atoms with Gasteiger partial charge in [-0.3, -0.25) is 15.0 Å². The Labute approximate surface area is 154 Å². The number of aryl methyl sites for hydroxylation is 1. The van der Waals surface area contributed by atoms with Crippen LogP contribution in [0.2, 0.25) is 0 Å². The van der Waals surface area contributed by atoms with Crippen LogP contribution in [-0.4, -0.2) is 41.1 Å². The molecule has 1 aliphatic carbocycles. The molecule has 8 heteroatoms. The van der Waals surface area contributed by atoms with E-state index in [1.54, 1.807) is 13.0 Å². The van der Waals surface area contributed by atoms with Gasteiger partial charge < -0.3 is 10.4 Å². The summed E-state index contributed by atoms with van der Waals surface area (Å²) < 4.78 is 0. The van der Waals surface area contributed by atoms with Gasteiger partial charge in [-0.1, -0.05) is 25.0 Å². The molecule has 0 amide bonds. The number of aromatic hydroxyl groups is 1. The van der Waals surface area contributed by atoms with Gasteiger partial charge in [-0.2, -0.15) is 0 Å². The summed E-state index contributed by atoms with van der Waals surface area (Å²) in [5.41, 5.74) is 1.08. The fourth-order valence-corrected chi connectivity index (χ4v) is 3.33. The first-order valence-electron chi connectivity index (χ1n) is 7.99. The lowest BCUT2D eigenvalue weighted by atomic mass is 9.95. The first-order chi connectivity index (χ1) is 10.6. The van der Waals surface area contributed by atoms with Crippen LogP contribution in [0.25, 0.3) is 0 Å². The zero-order chi connectivity index (χ0) is 15.7. The van der Waals surface area contributed by atoms with E-state index >= 15 is 0 Å². The Morgan fingerprint density at radius 1 is 1.33 bits per heavy atom. The zero-order valence-electron chi connectivity index (χ0n) is 13.7. The summed E-state index contributed by atoms with van der Waals surface area (Å²) in [6.45, 7) is 5.35. The maximum atomic E-state index is 11.3. The number of phenolic OH excluding ortho intramolecular Hbond substituents is 1. The second-order valence-electron chi connectivity index (χ2n) is 6.41. The second kappa shape index (κ2) is 8.85. The molecule has 2 fully saturated rings. The summed E-state index contributed by atoms with van der Waals surface area (Å²) >= 11 is 0. The summed E-state index contributed by atoms with van der Waals surface area (Å²) in [6.07, 6.45) is 3.45. The third kappa shape index (κ3) is 4.51. The quantitative estimate of drug-likeness (QED) is 0.608. The van der Waals surface area contributed by atoms with Crippen molar-refractivity contribution in [2.75, 3.05) is 26.2 Å². The van der Waals surface area contributed by atoms with E-state index in [1.165, 1.54) is 12.8 Å². The summed E-state index contributed by atoms with van der Waals surface area (Å²) in [6, 6.07) is 3.70. The van der Waals surface area contributed by atoms with Gasteiger partial charge >= 0.3 is 5.69 Å². The molecular formula is C16H25Cl2N3O3. The lowest BCUT2D eigenvalue weighted by Gasteiger charge is -2.35. The van der Waals surface area contributed by atoms with Gasteiger partial charge in [0.05, 0.1) is 4.92 Å². The van der Waals surface area contributed by atoms with Gasteiger partial charge in [-0.15, -0.1) is 24.8 Å². The first kappa shape index (κ1) is 21.0. The van der Waals surface area contributed by atoms with Gasteiger partial charge in [0.15, 0.2) is 5.75 Å². The third-order valence-electron chi connectivity index (χ3n) is 4.77. The van der Waals surface area contributed by atoms with Gasteiger partial charge in [-0.25, -0.2) is 0 Å². The number of nitrogens with zero attached hydrogens (tertiary/aromatic N) is 2. The van der Waals surface area contributed by atoms with Crippen LogP contribution >= 0.6 is 24.8 Å². The predicted molar refractivity (Wildman–Crippen MR) is 98.5 cm³/mol. The van der Waals surface area contributed by atoms with E-state index in [-0.39, 0.29) is 42.3 Å². The lowest BCUT2D eigenvalue weighted by Crippen LogP contribution is -2.45. The number of nitro benzene ring substituents is 1. The van der Waals surface area contributed by atoms with E-state index in [1.807, 2.05) is 6.07 Å². The molecule has 0 bridgehead atoms. The molecule has 1 aliphatic heterocycles. The summed E-state index contributed by atoms with van der Waals surface area (Å²) in [4.78, 5) is 13.1. The van der Waals surface area contributed by atoms with Gasteiger partial charge in [0.1, 0.15) is 0 Å². The van der Waals surface area contributed by atoms with Crippen molar-refractivity contribution < 1.29 is 10.0 Å². The number of halogens is 2. The Morgan fingerprint density at radius 2 is 1.96 bits per heavy atom.